The van der Waals surface area contributed by atoms with Gasteiger partial charge in [0.15, 0.2) is 11.6 Å². The average molecular weight is 386 g/mol. The van der Waals surface area contributed by atoms with E-state index < -0.39 is 27.6 Å². The van der Waals surface area contributed by atoms with Gasteiger partial charge in [-0.25, -0.2) is 13.3 Å². The SMILES string of the molecule is CC[C@@H](N[S@](=O)C(C)(C)C)c1ccc(Cl)c(Oc2cccnn2)c1F. The van der Waals surface area contributed by atoms with E-state index in [1.807, 2.05) is 27.7 Å². The molecule has 1 heterocycles. The minimum absolute atomic E-state index is 0.124. The van der Waals surface area contributed by atoms with Crippen LogP contribution in [0.2, 0.25) is 5.02 Å². The molecule has 0 saturated heterocycles. The van der Waals surface area contributed by atoms with Crippen LogP contribution in [0.1, 0.15) is 45.7 Å². The Morgan fingerprint density at radius 3 is 2.64 bits per heavy atom. The molecule has 1 N–H and O–H groups in total. The van der Waals surface area contributed by atoms with Crippen LogP contribution in [0.25, 0.3) is 0 Å². The number of nitrogens with zero attached hydrogens (tertiary/aromatic N) is 2. The first kappa shape index (κ1) is 19.8. The van der Waals surface area contributed by atoms with Gasteiger partial charge < -0.3 is 4.74 Å². The molecule has 0 spiro atoms. The normalized spacial score (nSPS) is 14.2. The summed E-state index contributed by atoms with van der Waals surface area (Å²) in [5, 5.41) is 7.58. The second-order valence-corrected chi connectivity index (χ2v) is 8.81. The van der Waals surface area contributed by atoms with Crippen molar-refractivity contribution >= 4 is 22.6 Å². The van der Waals surface area contributed by atoms with Gasteiger partial charge in [0, 0.05) is 23.9 Å². The molecule has 0 unspecified atom stereocenters. The molecule has 0 aliphatic carbocycles. The van der Waals surface area contributed by atoms with Crippen molar-refractivity contribution in [1.29, 1.82) is 0 Å². The molecule has 0 radical (unpaired) electrons. The quantitative estimate of drug-likeness (QED) is 0.791. The van der Waals surface area contributed by atoms with Crippen molar-refractivity contribution in [3.05, 3.63) is 46.9 Å². The largest absolute Gasteiger partial charge is 0.433 e. The third-order valence-electron chi connectivity index (χ3n) is 3.42. The molecule has 0 bridgehead atoms. The predicted octanol–water partition coefficient (Wildman–Crippen LogP) is 4.56. The number of ether oxygens (including phenoxy) is 1. The molecule has 0 amide bonds. The first-order valence-corrected chi connectivity index (χ1v) is 9.38. The highest BCUT2D eigenvalue weighted by Crippen LogP contribution is 2.36. The predicted molar refractivity (Wildman–Crippen MR) is 97.6 cm³/mol. The summed E-state index contributed by atoms with van der Waals surface area (Å²) < 4.78 is 35.4. The van der Waals surface area contributed by atoms with E-state index in [2.05, 4.69) is 14.9 Å². The first-order valence-electron chi connectivity index (χ1n) is 7.85. The first-order chi connectivity index (χ1) is 11.7. The number of rotatable bonds is 6. The van der Waals surface area contributed by atoms with Gasteiger partial charge in [-0.2, -0.15) is 5.10 Å². The molecule has 0 saturated carbocycles. The van der Waals surface area contributed by atoms with Crippen molar-refractivity contribution in [2.75, 3.05) is 0 Å². The highest BCUT2D eigenvalue weighted by Gasteiger charge is 2.26. The van der Waals surface area contributed by atoms with E-state index in [0.29, 0.717) is 12.0 Å². The van der Waals surface area contributed by atoms with E-state index in [1.54, 1.807) is 24.3 Å². The molecular formula is C17H21ClFN3O2S. The number of hydrogen-bond acceptors (Lipinski definition) is 4. The Hall–Kier alpha value is -1.57. The minimum atomic E-state index is -1.34. The minimum Gasteiger partial charge on any atom is -0.433 e. The molecule has 8 heteroatoms. The van der Waals surface area contributed by atoms with Gasteiger partial charge >= 0.3 is 0 Å². The molecule has 1 aromatic heterocycles. The maximum atomic E-state index is 15.0. The lowest BCUT2D eigenvalue weighted by atomic mass is 10.0. The number of halogens is 2. The molecular weight excluding hydrogens is 365 g/mol. The lowest BCUT2D eigenvalue weighted by molar-refractivity contribution is 0.414. The molecule has 5 nitrogen and oxygen atoms in total. The van der Waals surface area contributed by atoms with Gasteiger partial charge in [-0.05, 0) is 39.3 Å². The van der Waals surface area contributed by atoms with Gasteiger partial charge in [0.05, 0.1) is 20.8 Å². The van der Waals surface area contributed by atoms with Crippen molar-refractivity contribution in [2.45, 2.75) is 44.9 Å². The van der Waals surface area contributed by atoms with Crippen molar-refractivity contribution in [3.8, 4) is 11.6 Å². The lowest BCUT2D eigenvalue weighted by Gasteiger charge is -2.24. The summed E-state index contributed by atoms with van der Waals surface area (Å²) in [7, 11) is -1.34. The lowest BCUT2D eigenvalue weighted by Crippen LogP contribution is -2.35. The molecule has 2 rings (SSSR count). The third-order valence-corrected chi connectivity index (χ3v) is 5.33. The third kappa shape index (κ3) is 4.96. The maximum Gasteiger partial charge on any atom is 0.239 e. The van der Waals surface area contributed by atoms with Crippen LogP contribution in [-0.4, -0.2) is 19.2 Å². The zero-order valence-corrected chi connectivity index (χ0v) is 16.1. The maximum absolute atomic E-state index is 15.0. The summed E-state index contributed by atoms with van der Waals surface area (Å²) in [6.07, 6.45) is 2.03. The zero-order chi connectivity index (χ0) is 18.6. The van der Waals surface area contributed by atoms with E-state index >= 15 is 4.39 Å². The second kappa shape index (κ2) is 8.21. The van der Waals surface area contributed by atoms with Crippen LogP contribution in [0.15, 0.2) is 30.5 Å². The molecule has 2 aromatic rings. The Morgan fingerprint density at radius 1 is 1.36 bits per heavy atom. The van der Waals surface area contributed by atoms with Gasteiger partial charge in [-0.3, -0.25) is 0 Å². The molecule has 2 atom stereocenters. The fourth-order valence-electron chi connectivity index (χ4n) is 2.03. The van der Waals surface area contributed by atoms with Gasteiger partial charge in [0.25, 0.3) is 0 Å². The van der Waals surface area contributed by atoms with E-state index in [9.17, 15) is 4.21 Å². The highest BCUT2D eigenvalue weighted by atomic mass is 35.5. The monoisotopic (exact) mass is 385 g/mol. The Balaban J connectivity index is 2.35. The summed E-state index contributed by atoms with van der Waals surface area (Å²) >= 11 is 6.08. The summed E-state index contributed by atoms with van der Waals surface area (Å²) in [4.78, 5) is 0. The van der Waals surface area contributed by atoms with Gasteiger partial charge in [-0.15, -0.1) is 5.10 Å². The van der Waals surface area contributed by atoms with Crippen LogP contribution in [0.3, 0.4) is 0 Å². The van der Waals surface area contributed by atoms with Crippen LogP contribution in [0, 0.1) is 5.82 Å². The molecule has 1 aromatic carbocycles. The van der Waals surface area contributed by atoms with E-state index in [1.165, 1.54) is 6.20 Å². The van der Waals surface area contributed by atoms with Crippen LogP contribution >= 0.6 is 11.6 Å². The van der Waals surface area contributed by atoms with E-state index in [4.69, 9.17) is 16.3 Å². The second-order valence-electron chi connectivity index (χ2n) is 6.40. The topological polar surface area (TPSA) is 64.1 Å². The van der Waals surface area contributed by atoms with Crippen molar-refractivity contribution < 1.29 is 13.3 Å². The van der Waals surface area contributed by atoms with E-state index in [-0.39, 0.29) is 16.7 Å². The van der Waals surface area contributed by atoms with Crippen LogP contribution in [-0.2, 0) is 11.0 Å². The summed E-state index contributed by atoms with van der Waals surface area (Å²) in [5.41, 5.74) is 0.336. The summed E-state index contributed by atoms with van der Waals surface area (Å²) in [5.74, 6) is -0.593. The molecule has 0 aliphatic rings. The number of benzene rings is 1. The molecule has 25 heavy (non-hydrogen) atoms. The average Bonchev–Trinajstić information content (AvgIpc) is 2.57. The summed E-state index contributed by atoms with van der Waals surface area (Å²) in [6.45, 7) is 7.44. The van der Waals surface area contributed by atoms with Crippen molar-refractivity contribution in [1.82, 2.24) is 14.9 Å². The van der Waals surface area contributed by atoms with Crippen LogP contribution < -0.4 is 9.46 Å². The number of aromatic nitrogens is 2. The van der Waals surface area contributed by atoms with Crippen molar-refractivity contribution in [2.24, 2.45) is 0 Å². The molecule has 0 aliphatic heterocycles. The van der Waals surface area contributed by atoms with Crippen LogP contribution in [0.5, 0.6) is 11.6 Å². The number of hydrogen-bond donors (Lipinski definition) is 1. The molecule has 136 valence electrons. The van der Waals surface area contributed by atoms with Gasteiger partial charge in [0.1, 0.15) is 0 Å². The fourth-order valence-corrected chi connectivity index (χ4v) is 3.12. The Morgan fingerprint density at radius 2 is 2.08 bits per heavy atom. The van der Waals surface area contributed by atoms with Gasteiger partial charge in [0.2, 0.25) is 5.88 Å². The summed E-state index contributed by atoms with van der Waals surface area (Å²) in [6, 6.07) is 5.86. The zero-order valence-electron chi connectivity index (χ0n) is 14.5. The van der Waals surface area contributed by atoms with E-state index in [0.717, 1.165) is 0 Å². The van der Waals surface area contributed by atoms with Crippen molar-refractivity contribution in [3.63, 3.8) is 0 Å². The smallest absolute Gasteiger partial charge is 0.239 e. The highest BCUT2D eigenvalue weighted by molar-refractivity contribution is 7.84. The molecule has 0 fully saturated rings. The standard InChI is InChI=1S/C17H21ClFN3O2S/c1-5-13(22-25(23)17(2,3)4)11-8-9-12(18)16(15(11)19)24-14-7-6-10-20-21-14/h6-10,13,22H,5H2,1-4H3/t13-,25-/m1/s1. The Kier molecular flexibility index (Phi) is 6.48. The number of nitrogens with one attached hydrogen (secondary N) is 1. The van der Waals surface area contributed by atoms with Crippen LogP contribution in [0.4, 0.5) is 4.39 Å². The van der Waals surface area contributed by atoms with Gasteiger partial charge in [-0.1, -0.05) is 24.6 Å². The Labute approximate surface area is 154 Å². The Bertz CT molecular complexity index is 754. The fraction of sp³-hybridized carbons (Fsp3) is 0.412.